The van der Waals surface area contributed by atoms with Crippen LogP contribution in [-0.2, 0) is 4.74 Å². The standard InChI is InChI=1S/C15H32N2O/c1-13(2)18-12-14(16-3)15(17(4)5)10-8-6-7-9-11-15/h13-14,16H,6-12H2,1-5H3. The lowest BCUT2D eigenvalue weighted by atomic mass is 9.81. The molecule has 1 saturated carbocycles. The molecule has 108 valence electrons. The van der Waals surface area contributed by atoms with Gasteiger partial charge in [-0.3, -0.25) is 0 Å². The Morgan fingerprint density at radius 1 is 1.11 bits per heavy atom. The van der Waals surface area contributed by atoms with Gasteiger partial charge in [-0.15, -0.1) is 0 Å². The van der Waals surface area contributed by atoms with E-state index >= 15 is 0 Å². The maximum Gasteiger partial charge on any atom is 0.0641 e. The van der Waals surface area contributed by atoms with Crippen molar-refractivity contribution in [2.45, 2.75) is 70.1 Å². The van der Waals surface area contributed by atoms with Gasteiger partial charge in [0.05, 0.1) is 12.7 Å². The van der Waals surface area contributed by atoms with Gasteiger partial charge in [-0.05, 0) is 47.8 Å². The van der Waals surface area contributed by atoms with Crippen molar-refractivity contribution in [3.63, 3.8) is 0 Å². The Morgan fingerprint density at radius 2 is 1.67 bits per heavy atom. The van der Waals surface area contributed by atoms with Crippen LogP contribution in [0, 0.1) is 0 Å². The molecule has 1 N–H and O–H groups in total. The molecule has 1 unspecified atom stereocenters. The van der Waals surface area contributed by atoms with Gasteiger partial charge < -0.3 is 15.0 Å². The highest BCUT2D eigenvalue weighted by Crippen LogP contribution is 2.34. The SMILES string of the molecule is CNC(COC(C)C)C1(N(C)C)CCCCCC1. The van der Waals surface area contributed by atoms with Gasteiger partial charge in [-0.2, -0.15) is 0 Å². The fourth-order valence-corrected chi connectivity index (χ4v) is 3.24. The van der Waals surface area contributed by atoms with Crippen LogP contribution in [0.5, 0.6) is 0 Å². The molecule has 1 aliphatic carbocycles. The lowest BCUT2D eigenvalue weighted by Crippen LogP contribution is -2.60. The minimum absolute atomic E-state index is 0.264. The summed E-state index contributed by atoms with van der Waals surface area (Å²) in [5.41, 5.74) is 0.264. The van der Waals surface area contributed by atoms with Gasteiger partial charge in [0.2, 0.25) is 0 Å². The van der Waals surface area contributed by atoms with Crippen LogP contribution in [0.4, 0.5) is 0 Å². The molecule has 18 heavy (non-hydrogen) atoms. The third-order valence-electron chi connectivity index (χ3n) is 4.45. The Labute approximate surface area is 113 Å². The highest BCUT2D eigenvalue weighted by molar-refractivity contribution is 4.99. The zero-order chi connectivity index (χ0) is 13.6. The summed E-state index contributed by atoms with van der Waals surface area (Å²) in [7, 11) is 6.53. The molecule has 0 saturated heterocycles. The first-order chi connectivity index (χ1) is 8.53. The quantitative estimate of drug-likeness (QED) is 0.740. The molecule has 0 aromatic heterocycles. The Balaban J connectivity index is 2.78. The summed E-state index contributed by atoms with van der Waals surface area (Å²) in [6, 6.07) is 0.424. The molecule has 1 rings (SSSR count). The van der Waals surface area contributed by atoms with E-state index in [2.05, 4.69) is 45.2 Å². The Hall–Kier alpha value is -0.120. The second-order valence-corrected chi connectivity index (χ2v) is 6.14. The van der Waals surface area contributed by atoms with E-state index in [1.807, 2.05) is 0 Å². The van der Waals surface area contributed by atoms with Crippen LogP contribution >= 0.6 is 0 Å². The molecule has 1 fully saturated rings. The lowest BCUT2D eigenvalue weighted by molar-refractivity contribution is 0.00147. The van der Waals surface area contributed by atoms with E-state index in [1.54, 1.807) is 0 Å². The van der Waals surface area contributed by atoms with Crippen molar-refractivity contribution in [3.8, 4) is 0 Å². The average molecular weight is 256 g/mol. The molecule has 0 aromatic carbocycles. The van der Waals surface area contributed by atoms with Gasteiger partial charge in [0, 0.05) is 11.6 Å². The van der Waals surface area contributed by atoms with Crippen LogP contribution in [-0.4, -0.2) is 50.3 Å². The maximum atomic E-state index is 5.87. The summed E-state index contributed by atoms with van der Waals surface area (Å²) >= 11 is 0. The Bertz CT molecular complexity index is 221. The molecule has 0 amide bonds. The molecule has 0 aromatic rings. The van der Waals surface area contributed by atoms with Gasteiger partial charge in [-0.1, -0.05) is 25.7 Å². The monoisotopic (exact) mass is 256 g/mol. The summed E-state index contributed by atoms with van der Waals surface area (Å²) in [4.78, 5) is 2.43. The van der Waals surface area contributed by atoms with Gasteiger partial charge in [0.25, 0.3) is 0 Å². The molecule has 1 aliphatic rings. The van der Waals surface area contributed by atoms with E-state index in [0.717, 1.165) is 6.61 Å². The molecule has 0 spiro atoms. The number of hydrogen-bond acceptors (Lipinski definition) is 3. The van der Waals surface area contributed by atoms with Crippen LogP contribution in [0.15, 0.2) is 0 Å². The number of ether oxygens (including phenoxy) is 1. The average Bonchev–Trinajstić information content (AvgIpc) is 2.56. The third kappa shape index (κ3) is 3.94. The van der Waals surface area contributed by atoms with Crippen molar-refractivity contribution < 1.29 is 4.74 Å². The molecule has 0 radical (unpaired) electrons. The number of nitrogens with zero attached hydrogens (tertiary/aromatic N) is 1. The molecule has 0 bridgehead atoms. The fourth-order valence-electron chi connectivity index (χ4n) is 3.24. The molecule has 3 nitrogen and oxygen atoms in total. The Morgan fingerprint density at radius 3 is 2.06 bits per heavy atom. The number of rotatable bonds is 6. The molecular formula is C15H32N2O. The van der Waals surface area contributed by atoms with Crippen LogP contribution in [0.2, 0.25) is 0 Å². The highest BCUT2D eigenvalue weighted by Gasteiger charge is 2.40. The van der Waals surface area contributed by atoms with Gasteiger partial charge in [0.15, 0.2) is 0 Å². The second-order valence-electron chi connectivity index (χ2n) is 6.14. The van der Waals surface area contributed by atoms with E-state index in [4.69, 9.17) is 4.74 Å². The highest BCUT2D eigenvalue weighted by atomic mass is 16.5. The minimum atomic E-state index is 0.264. The van der Waals surface area contributed by atoms with Crippen molar-refractivity contribution >= 4 is 0 Å². The van der Waals surface area contributed by atoms with Gasteiger partial charge in [0.1, 0.15) is 0 Å². The smallest absolute Gasteiger partial charge is 0.0641 e. The summed E-state index contributed by atoms with van der Waals surface area (Å²) in [6.07, 6.45) is 8.34. The second kappa shape index (κ2) is 7.46. The van der Waals surface area contributed by atoms with Crippen molar-refractivity contribution in [1.82, 2.24) is 10.2 Å². The van der Waals surface area contributed by atoms with Crippen LogP contribution in [0.3, 0.4) is 0 Å². The van der Waals surface area contributed by atoms with E-state index < -0.39 is 0 Å². The maximum absolute atomic E-state index is 5.87. The predicted molar refractivity (Wildman–Crippen MR) is 78.1 cm³/mol. The summed E-state index contributed by atoms with van der Waals surface area (Å²) in [5, 5.41) is 3.51. The van der Waals surface area contributed by atoms with Crippen LogP contribution in [0.1, 0.15) is 52.4 Å². The molecule has 3 heteroatoms. The first kappa shape index (κ1) is 15.9. The van der Waals surface area contributed by atoms with Crippen LogP contribution < -0.4 is 5.32 Å². The minimum Gasteiger partial charge on any atom is -0.377 e. The zero-order valence-corrected chi connectivity index (χ0v) is 13.0. The zero-order valence-electron chi connectivity index (χ0n) is 13.0. The van der Waals surface area contributed by atoms with Gasteiger partial charge in [-0.25, -0.2) is 0 Å². The summed E-state index contributed by atoms with van der Waals surface area (Å²) in [5.74, 6) is 0. The topological polar surface area (TPSA) is 24.5 Å². The van der Waals surface area contributed by atoms with Crippen molar-refractivity contribution in [1.29, 1.82) is 0 Å². The normalized spacial score (nSPS) is 22.2. The third-order valence-corrected chi connectivity index (χ3v) is 4.45. The van der Waals surface area contributed by atoms with E-state index in [1.165, 1.54) is 38.5 Å². The van der Waals surface area contributed by atoms with Crippen molar-refractivity contribution in [2.75, 3.05) is 27.7 Å². The molecular weight excluding hydrogens is 224 g/mol. The summed E-state index contributed by atoms with van der Waals surface area (Å²) in [6.45, 7) is 5.04. The van der Waals surface area contributed by atoms with Crippen molar-refractivity contribution in [3.05, 3.63) is 0 Å². The fraction of sp³-hybridized carbons (Fsp3) is 1.00. The molecule has 1 atom stereocenters. The molecule has 0 aliphatic heterocycles. The molecule has 0 heterocycles. The number of likely N-dealkylation sites (N-methyl/N-ethyl adjacent to an activating group) is 2. The predicted octanol–water partition coefficient (Wildman–Crippen LogP) is 2.65. The first-order valence-electron chi connectivity index (χ1n) is 7.49. The Kier molecular flexibility index (Phi) is 6.61. The number of nitrogens with one attached hydrogen (secondary N) is 1. The number of hydrogen-bond donors (Lipinski definition) is 1. The van der Waals surface area contributed by atoms with Crippen molar-refractivity contribution in [2.24, 2.45) is 0 Å². The largest absolute Gasteiger partial charge is 0.377 e. The van der Waals surface area contributed by atoms with E-state index in [-0.39, 0.29) is 5.54 Å². The van der Waals surface area contributed by atoms with Gasteiger partial charge >= 0.3 is 0 Å². The van der Waals surface area contributed by atoms with E-state index in [9.17, 15) is 0 Å². The van der Waals surface area contributed by atoms with Crippen LogP contribution in [0.25, 0.3) is 0 Å². The summed E-state index contributed by atoms with van der Waals surface area (Å²) < 4.78 is 5.87. The lowest BCUT2D eigenvalue weighted by Gasteiger charge is -2.46. The first-order valence-corrected chi connectivity index (χ1v) is 7.49. The van der Waals surface area contributed by atoms with E-state index in [0.29, 0.717) is 12.1 Å².